The van der Waals surface area contributed by atoms with Gasteiger partial charge in [-0.05, 0) is 276 Å². The molecule has 4 heterocycles. The van der Waals surface area contributed by atoms with Crippen molar-refractivity contribution in [3.05, 3.63) is 308 Å². The molecule has 0 bridgehead atoms. The second-order valence-corrected chi connectivity index (χ2v) is 38.0. The van der Waals surface area contributed by atoms with Crippen molar-refractivity contribution in [2.75, 3.05) is 0 Å². The van der Waals surface area contributed by atoms with Crippen LogP contribution in [0.1, 0.15) is 257 Å². The van der Waals surface area contributed by atoms with Gasteiger partial charge in [-0.2, -0.15) is 0 Å². The Morgan fingerprint density at radius 3 is 0.849 bits per heavy atom. The van der Waals surface area contributed by atoms with E-state index in [0.717, 1.165) is 41.5 Å². The highest BCUT2D eigenvalue weighted by molar-refractivity contribution is 5.80. The molecule has 4 nitrogen and oxygen atoms in total. The van der Waals surface area contributed by atoms with Gasteiger partial charge in [0.05, 0.1) is 0 Å². The van der Waals surface area contributed by atoms with Gasteiger partial charge in [0.25, 0.3) is 0 Å². The van der Waals surface area contributed by atoms with Crippen LogP contribution in [0.3, 0.4) is 0 Å². The molecule has 0 spiro atoms. The minimum atomic E-state index is -2.50. The van der Waals surface area contributed by atoms with Crippen molar-refractivity contribution in [1.82, 2.24) is 0 Å². The van der Waals surface area contributed by atoms with Crippen molar-refractivity contribution < 1.29 is 38.8 Å². The van der Waals surface area contributed by atoms with E-state index in [1.54, 1.807) is 62.8 Å². The van der Waals surface area contributed by atoms with Crippen molar-refractivity contribution in [2.45, 2.75) is 255 Å². The Labute approximate surface area is 748 Å². The van der Waals surface area contributed by atoms with Crippen LogP contribution in [0.4, 0.5) is 0 Å². The van der Waals surface area contributed by atoms with E-state index >= 15 is 0 Å². The van der Waals surface area contributed by atoms with E-state index < -0.39 is 55.9 Å². The lowest BCUT2D eigenvalue weighted by Gasteiger charge is -2.24. The van der Waals surface area contributed by atoms with Gasteiger partial charge in [-0.15, -0.1) is 0 Å². The highest BCUT2D eigenvalue weighted by Crippen LogP contribution is 2.40. The molecule has 0 unspecified atom stereocenters. The molecule has 0 N–H and O–H groups in total. The van der Waals surface area contributed by atoms with Crippen LogP contribution in [0.25, 0.3) is 89.5 Å². The predicted molar refractivity (Wildman–Crippen MR) is 523 cm³/mol. The smallest absolute Gasteiger partial charge is 0.201 e. The van der Waals surface area contributed by atoms with Crippen LogP contribution in [0.2, 0.25) is 0 Å². The fourth-order valence-electron chi connectivity index (χ4n) is 15.4. The summed E-state index contributed by atoms with van der Waals surface area (Å²) in [6.07, 6.45) is 5.58. The molecule has 4 heteroatoms. The molecule has 0 saturated carbocycles. The lowest BCUT2D eigenvalue weighted by Crippen LogP contribution is -2.33. The Morgan fingerprint density at radius 1 is 0.261 bits per heavy atom. The van der Waals surface area contributed by atoms with E-state index in [9.17, 15) is 0 Å². The van der Waals surface area contributed by atoms with E-state index in [1.807, 2.05) is 140 Å². The van der Waals surface area contributed by atoms with E-state index in [4.69, 9.17) is 20.6 Å². The molecule has 0 aliphatic heterocycles. The molecule has 12 rings (SSSR count). The summed E-state index contributed by atoms with van der Waals surface area (Å²) >= 11 is 0. The molecule has 0 saturated heterocycles. The number of pyridine rings is 4. The van der Waals surface area contributed by atoms with Crippen LogP contribution in [0, 0.1) is 102 Å². The summed E-state index contributed by atoms with van der Waals surface area (Å²) in [5, 5.41) is 0. The highest BCUT2D eigenvalue weighted by atomic mass is 14.9. The summed E-state index contributed by atoms with van der Waals surface area (Å²) in [5.74, 6) is 0.672. The molecule has 0 aliphatic rings. The van der Waals surface area contributed by atoms with Crippen molar-refractivity contribution in [2.24, 2.45) is 61.2 Å². The predicted octanol–water partition coefficient (Wildman–Crippen LogP) is 30.2. The maximum Gasteiger partial charge on any atom is 0.212 e. The van der Waals surface area contributed by atoms with Crippen molar-refractivity contribution in [1.29, 1.82) is 0 Å². The van der Waals surface area contributed by atoms with Crippen LogP contribution >= 0.6 is 0 Å². The van der Waals surface area contributed by atoms with Gasteiger partial charge in [0.1, 0.15) is 28.2 Å². The van der Waals surface area contributed by atoms with Gasteiger partial charge in [-0.3, -0.25) is 0 Å². The fraction of sp³-hybridized carbons (Fsp3) is 0.409. The van der Waals surface area contributed by atoms with Crippen molar-refractivity contribution in [3.8, 4) is 89.5 Å². The molecule has 4 aromatic heterocycles. The quantitative estimate of drug-likeness (QED) is 0.0909. The number of aryl methyl sites for hydroxylation is 14. The van der Waals surface area contributed by atoms with Gasteiger partial charge in [-0.25, -0.2) is 18.3 Å². The minimum Gasteiger partial charge on any atom is -0.201 e. The molecule has 0 amide bonds. The van der Waals surface area contributed by atoms with Crippen LogP contribution in [0.5, 0.6) is 0 Å². The average molecular weight is 1610 g/mol. The second-order valence-electron chi connectivity index (χ2n) is 38.0. The monoisotopic (exact) mass is 1610 g/mol. The highest BCUT2D eigenvalue weighted by Gasteiger charge is 2.29. The summed E-state index contributed by atoms with van der Waals surface area (Å²) in [5.41, 5.74) is 27.7. The van der Waals surface area contributed by atoms with Gasteiger partial charge in [-0.1, -0.05) is 293 Å². The summed E-state index contributed by atoms with van der Waals surface area (Å²) in [6.45, 7) is 42.4. The first-order valence-corrected chi connectivity index (χ1v) is 41.0. The third-order valence-corrected chi connectivity index (χ3v) is 20.5. The zero-order valence-corrected chi connectivity index (χ0v) is 74.8. The van der Waals surface area contributed by atoms with Crippen LogP contribution in [-0.2, 0) is 66.6 Å². The van der Waals surface area contributed by atoms with E-state index in [1.165, 1.54) is 95.5 Å². The first kappa shape index (κ1) is 77.9. The van der Waals surface area contributed by atoms with Crippen LogP contribution in [-0.4, -0.2) is 0 Å². The number of benzene rings is 8. The SMILES string of the molecule is C.C.C.C.Cc1cc(-c2cc(-c3ccccc3)c(C)cc2C)[n+](C)cc1CC(C)C.Cc1cc(C)c(-c2cc(CC(C)(C)C)c(CC(C)(C)C)c[n+]2C)cc1-c1ccccc1.[2H]C([2H])([2H])c1cc(C)c(-c2cc(C([2H])([2H])C(C)(C)C)c(C([2H])([2H])C(C)(C)C)c[n+]2C)cc1-c1ccccc1.[2H]C([2H])([2H])c1cc(C)c(-c2cc(C([2H])([2H])C(C)(C)C)c(C([2H])([2H])[2H])c[n+]2C)cc1-c1ccccc1. The fourth-order valence-corrected chi connectivity index (χ4v) is 15.4. The molecule has 12 aromatic rings. The topological polar surface area (TPSA) is 15.5 Å². The molecule has 119 heavy (non-hydrogen) atoms. The van der Waals surface area contributed by atoms with Crippen molar-refractivity contribution >= 4 is 0 Å². The Hall–Kier alpha value is -9.64. The second kappa shape index (κ2) is 41.6. The van der Waals surface area contributed by atoms with E-state index in [-0.39, 0.29) is 62.8 Å². The molecule has 634 valence electrons. The molecule has 0 atom stereocenters. The molecule has 8 aromatic carbocycles. The van der Waals surface area contributed by atoms with Crippen LogP contribution in [0.15, 0.2) is 219 Å². The summed E-state index contributed by atoms with van der Waals surface area (Å²) in [6, 6.07) is 64.7. The summed E-state index contributed by atoms with van der Waals surface area (Å²) in [4.78, 5) is 0. The third kappa shape index (κ3) is 27.4. The standard InChI is InChI=1S/2C30H40N.C26H32N.C25H30N.4CH4/c2*1-21-15-22(2)27(17-26(21)23-13-11-10-12-14-23)28-16-24(18-29(3,4)5)25(20-31(28)9)19-30(6,7)8;1-18-13-19(2)24(15-23(18)21-11-9-8-10-12-21)25-14-22(16-26(4,5)6)20(3)17-27(25)7;1-17(2)12-22-16-26(6)25(14-18(22)3)24-15-23(19(4)13-20(24)5)21-10-8-7-9-11-21;;;;/h2*10-17,20H,18-19H2,1-9H3;8-15,17H,16H2,1-7H3;7-11,13-17H,12H2,1-6H3;4*1H4/q4*+1;;;;/i1D3,18D2,19D2;;1D3,3D3,16D2;;;;;. The van der Waals surface area contributed by atoms with Gasteiger partial charge in [0.2, 0.25) is 22.8 Å². The van der Waals surface area contributed by atoms with Gasteiger partial charge >= 0.3 is 0 Å². The summed E-state index contributed by atoms with van der Waals surface area (Å²) in [7, 11) is 7.91. The van der Waals surface area contributed by atoms with Crippen LogP contribution < -0.4 is 18.3 Å². The average Bonchev–Trinajstić information content (AvgIpc) is 0.734. The number of nitrogens with zero attached hydrogens (tertiary/aromatic N) is 4. The summed E-state index contributed by atoms with van der Waals surface area (Å²) < 4.78 is 135. The van der Waals surface area contributed by atoms with E-state index in [2.05, 4.69) is 223 Å². The number of hydrogen-bond acceptors (Lipinski definition) is 0. The Morgan fingerprint density at radius 2 is 0.521 bits per heavy atom. The Bertz CT molecular complexity index is 6020. The largest absolute Gasteiger partial charge is 0.212 e. The molecular formula is C115H158N4+4. The first-order valence-electron chi connectivity index (χ1n) is 48.5. The minimum absolute atomic E-state index is 0. The zero-order valence-electron chi connectivity index (χ0n) is 89.8. The van der Waals surface area contributed by atoms with Gasteiger partial charge < -0.3 is 0 Å². The lowest BCUT2D eigenvalue weighted by molar-refractivity contribution is -0.661. The molecular weight excluding hydrogens is 1440 g/mol. The first-order chi connectivity index (χ1) is 59.7. The Balaban J connectivity index is 0.000000315. The maximum atomic E-state index is 9.14. The van der Waals surface area contributed by atoms with Crippen molar-refractivity contribution in [3.63, 3.8) is 0 Å². The molecule has 0 aliphatic carbocycles. The van der Waals surface area contributed by atoms with Gasteiger partial charge in [0, 0.05) is 89.3 Å². The van der Waals surface area contributed by atoms with E-state index in [0.29, 0.717) is 50.7 Å². The third-order valence-electron chi connectivity index (χ3n) is 20.5. The Kier molecular flexibility index (Phi) is 27.2. The maximum absolute atomic E-state index is 9.14. The number of aromatic nitrogens is 4. The molecule has 0 radical (unpaired) electrons. The number of rotatable bonds is 15. The zero-order chi connectivity index (χ0) is 97.4. The molecule has 0 fully saturated rings. The van der Waals surface area contributed by atoms with Gasteiger partial charge in [0.15, 0.2) is 24.8 Å². The normalized spacial score (nSPS) is 14.0. The number of hydrogen-bond donors (Lipinski definition) is 0. The lowest BCUT2D eigenvalue weighted by atomic mass is 9.81.